The molecule has 4 atom stereocenters. The largest absolute Gasteiger partial charge is 0.497 e. The van der Waals surface area contributed by atoms with E-state index in [1.807, 2.05) is 72.8 Å². The highest BCUT2D eigenvalue weighted by molar-refractivity contribution is 5.97. The molecule has 13 heteroatoms. The Bertz CT molecular complexity index is 2830. The molecule has 0 aliphatic heterocycles. The number of methoxy groups -OCH3 is 1. The van der Waals surface area contributed by atoms with Crippen LogP contribution in [-0.2, 0) is 36.9 Å². The third-order valence-corrected chi connectivity index (χ3v) is 12.5. The van der Waals surface area contributed by atoms with Crippen molar-refractivity contribution in [1.29, 1.82) is 0 Å². The summed E-state index contributed by atoms with van der Waals surface area (Å²) in [6.45, 7) is -0.184. The molecule has 336 valence electrons. The van der Waals surface area contributed by atoms with Crippen LogP contribution >= 0.6 is 0 Å². The molecule has 1 fully saturated rings. The fourth-order valence-corrected chi connectivity index (χ4v) is 9.04. The topological polar surface area (TPSA) is 198 Å². The van der Waals surface area contributed by atoms with Crippen LogP contribution in [0.1, 0.15) is 65.1 Å². The molecule has 0 saturated heterocycles. The smallest absolute Gasteiger partial charge is 0.350 e. The monoisotopic (exact) mass is 884 g/mol. The molecule has 0 radical (unpaired) electrons. The minimum atomic E-state index is -1.67. The minimum Gasteiger partial charge on any atom is -0.497 e. The Labute approximate surface area is 382 Å². The van der Waals surface area contributed by atoms with Gasteiger partial charge >= 0.3 is 11.9 Å². The summed E-state index contributed by atoms with van der Waals surface area (Å²) in [5, 5.41) is 10.0. The zero-order valence-electron chi connectivity index (χ0n) is 36.6. The first kappa shape index (κ1) is 45.1. The number of carbonyl (C=O) groups is 4. The molecule has 6 N–H and O–H groups in total. The number of hydrogen-bond acceptors (Lipinski definition) is 12. The van der Waals surface area contributed by atoms with E-state index in [0.717, 1.165) is 39.8 Å². The molecule has 4 unspecified atom stereocenters. The lowest BCUT2D eigenvalue weighted by atomic mass is 9.67. The first-order valence-electron chi connectivity index (χ1n) is 22.0. The van der Waals surface area contributed by atoms with Gasteiger partial charge in [0.05, 0.1) is 30.7 Å². The second kappa shape index (κ2) is 20.1. The summed E-state index contributed by atoms with van der Waals surface area (Å²) in [7, 11) is 1.54. The van der Waals surface area contributed by atoms with Crippen LogP contribution in [0.4, 0.5) is 11.4 Å². The summed E-state index contributed by atoms with van der Waals surface area (Å²) in [5.74, 6) is -3.57. The lowest BCUT2D eigenvalue weighted by Crippen LogP contribution is -2.64. The Morgan fingerprint density at radius 2 is 1.41 bits per heavy atom. The van der Waals surface area contributed by atoms with E-state index in [9.17, 15) is 14.4 Å². The van der Waals surface area contributed by atoms with Gasteiger partial charge in [0.25, 0.3) is 0 Å². The number of rotatable bonds is 17. The zero-order chi connectivity index (χ0) is 46.1. The maximum absolute atomic E-state index is 15.1. The van der Waals surface area contributed by atoms with Crippen LogP contribution in [0.15, 0.2) is 152 Å². The second-order valence-corrected chi connectivity index (χ2v) is 16.9. The number of nitrogens with one attached hydrogen (secondary N) is 2. The normalized spacial score (nSPS) is 15.6. The van der Waals surface area contributed by atoms with Crippen LogP contribution in [0.2, 0.25) is 0 Å². The highest BCUT2D eigenvalue weighted by Crippen LogP contribution is 2.39. The van der Waals surface area contributed by atoms with Gasteiger partial charge in [-0.15, -0.1) is 0 Å². The summed E-state index contributed by atoms with van der Waals surface area (Å²) in [6, 6.07) is 37.8. The highest BCUT2D eigenvalue weighted by Gasteiger charge is 2.50. The lowest BCUT2D eigenvalue weighted by molar-refractivity contribution is -0.171. The van der Waals surface area contributed by atoms with Gasteiger partial charge in [-0.1, -0.05) is 73.2 Å². The van der Waals surface area contributed by atoms with Gasteiger partial charge in [-0.25, -0.2) is 9.59 Å². The molecule has 5 aromatic carbocycles. The van der Waals surface area contributed by atoms with Crippen LogP contribution < -0.4 is 26.8 Å². The van der Waals surface area contributed by atoms with E-state index >= 15 is 4.79 Å². The van der Waals surface area contributed by atoms with Crippen molar-refractivity contribution in [3.8, 4) is 5.75 Å². The number of fused-ring (bicyclic) bond motifs is 2. The average molecular weight is 885 g/mol. The maximum atomic E-state index is 15.1. The Morgan fingerprint density at radius 3 is 2.08 bits per heavy atom. The van der Waals surface area contributed by atoms with E-state index in [-0.39, 0.29) is 18.6 Å². The number of carbonyl (C=O) groups excluding carboxylic acids is 4. The Morgan fingerprint density at radius 1 is 0.758 bits per heavy atom. The van der Waals surface area contributed by atoms with Gasteiger partial charge in [0.2, 0.25) is 11.5 Å². The molecule has 1 amide bonds. The van der Waals surface area contributed by atoms with Crippen molar-refractivity contribution in [1.82, 2.24) is 9.97 Å². The van der Waals surface area contributed by atoms with Gasteiger partial charge in [0.1, 0.15) is 18.6 Å². The molecule has 1 aliphatic rings. The predicted octanol–water partition coefficient (Wildman–Crippen LogP) is 8.27. The molecule has 2 aromatic heterocycles. The quantitative estimate of drug-likeness (QED) is 0.0389. The molecular weight excluding hydrogens is 833 g/mol. The summed E-state index contributed by atoms with van der Waals surface area (Å²) < 4.78 is 17.2. The molecule has 1 saturated carbocycles. The lowest BCUT2D eigenvalue weighted by Gasteiger charge is -2.44. The Hall–Kier alpha value is -7.48. The first-order chi connectivity index (χ1) is 32.1. The number of anilines is 2. The molecule has 7 aromatic rings. The Kier molecular flexibility index (Phi) is 13.8. The molecule has 2 heterocycles. The third kappa shape index (κ3) is 10.1. The van der Waals surface area contributed by atoms with Crippen LogP contribution in [0.5, 0.6) is 5.75 Å². The standard InChI is InChI=1S/C53H52N6O7/c1-64-45-19-15-37(16-20-45)50(62)66-52(23-6-3-7-24-52)51(63)65-34-36-11-8-12-40(27-36)46(33-60)53(55,30-35-9-4-2-5-10-35)47(48(54)58-43-17-13-41-31-56-25-21-38(41)28-43)49(61)59-44-18-14-42-32-57-26-22-39(42)29-44/h2,4-5,8-22,25-29,31-33,46-48,58H,3,6-7,23-24,30,34,54-55H2,1H3,(H,59,61). The summed E-state index contributed by atoms with van der Waals surface area (Å²) in [4.78, 5) is 64.6. The first-order valence-corrected chi connectivity index (χ1v) is 22.0. The van der Waals surface area contributed by atoms with Crippen LogP contribution in [-0.4, -0.2) is 58.5 Å². The average Bonchev–Trinajstić information content (AvgIpc) is 3.34. The van der Waals surface area contributed by atoms with Crippen molar-refractivity contribution in [2.45, 2.75) is 68.4 Å². The summed E-state index contributed by atoms with van der Waals surface area (Å²) in [5.41, 5.74) is 14.9. The van der Waals surface area contributed by atoms with Gasteiger partial charge in [-0.2, -0.15) is 0 Å². The number of nitrogens with zero attached hydrogens (tertiary/aromatic N) is 2. The number of nitrogens with two attached hydrogens (primary N) is 2. The predicted molar refractivity (Wildman–Crippen MR) is 254 cm³/mol. The van der Waals surface area contributed by atoms with Crippen LogP contribution in [0, 0.1) is 5.92 Å². The van der Waals surface area contributed by atoms with Gasteiger partial charge in [0.15, 0.2) is 0 Å². The zero-order valence-corrected chi connectivity index (χ0v) is 36.6. The summed E-state index contributed by atoms with van der Waals surface area (Å²) >= 11 is 0. The van der Waals surface area contributed by atoms with Crippen molar-refractivity contribution in [2.24, 2.45) is 17.4 Å². The molecule has 1 aliphatic carbocycles. The van der Waals surface area contributed by atoms with Crippen molar-refractivity contribution in [2.75, 3.05) is 17.7 Å². The number of aromatic nitrogens is 2. The number of hydrogen-bond donors (Lipinski definition) is 4. The molecule has 0 bridgehead atoms. The summed E-state index contributed by atoms with van der Waals surface area (Å²) in [6.07, 6.45) is 9.48. The molecule has 13 nitrogen and oxygen atoms in total. The van der Waals surface area contributed by atoms with Crippen molar-refractivity contribution in [3.05, 3.63) is 174 Å². The number of esters is 2. The van der Waals surface area contributed by atoms with Crippen molar-refractivity contribution in [3.63, 3.8) is 0 Å². The third-order valence-electron chi connectivity index (χ3n) is 12.5. The number of amides is 1. The van der Waals surface area contributed by atoms with Crippen molar-refractivity contribution >= 4 is 57.1 Å². The SMILES string of the molecule is COc1ccc(C(=O)OC2(C(=O)OCc3cccc(C(C=O)C(N)(Cc4ccccc4)C(C(=O)Nc4ccc5cnccc5c4)C(N)Nc4ccc5cnccc5c4)c3)CCCCC2)cc1. The van der Waals surface area contributed by atoms with Gasteiger partial charge in [0, 0.05) is 52.5 Å². The molecule has 8 rings (SSSR count). The van der Waals surface area contributed by atoms with Gasteiger partial charge in [-0.05, 0) is 120 Å². The van der Waals surface area contributed by atoms with Gasteiger partial charge in [-0.3, -0.25) is 14.8 Å². The highest BCUT2D eigenvalue weighted by atomic mass is 16.6. The van der Waals surface area contributed by atoms with Crippen LogP contribution in [0.25, 0.3) is 21.5 Å². The molecular formula is C53H52N6O7. The van der Waals surface area contributed by atoms with E-state index in [2.05, 4.69) is 20.6 Å². The van der Waals surface area contributed by atoms with E-state index < -0.39 is 47.0 Å². The maximum Gasteiger partial charge on any atom is 0.350 e. The van der Waals surface area contributed by atoms with E-state index in [1.165, 1.54) is 7.11 Å². The number of aldehydes is 1. The fraction of sp³-hybridized carbons (Fsp3) is 0.245. The Balaban J connectivity index is 1.12. The second-order valence-electron chi connectivity index (χ2n) is 16.9. The molecule has 66 heavy (non-hydrogen) atoms. The number of benzene rings is 5. The van der Waals surface area contributed by atoms with Crippen LogP contribution in [0.3, 0.4) is 0 Å². The minimum absolute atomic E-state index is 0.0682. The number of ether oxygens (including phenoxy) is 3. The number of pyridine rings is 2. The van der Waals surface area contributed by atoms with Crippen molar-refractivity contribution < 1.29 is 33.4 Å². The van der Waals surface area contributed by atoms with E-state index in [0.29, 0.717) is 53.9 Å². The van der Waals surface area contributed by atoms with E-state index in [4.69, 9.17) is 25.7 Å². The molecule has 0 spiro atoms. The van der Waals surface area contributed by atoms with Gasteiger partial charge < -0.3 is 41.1 Å². The van der Waals surface area contributed by atoms with E-state index in [1.54, 1.807) is 79.4 Å². The fourth-order valence-electron chi connectivity index (χ4n) is 9.04.